The predicted octanol–water partition coefficient (Wildman–Crippen LogP) is 4.96. The Labute approximate surface area is 148 Å². The summed E-state index contributed by atoms with van der Waals surface area (Å²) in [5, 5.41) is 3.05. The summed E-state index contributed by atoms with van der Waals surface area (Å²) in [5.41, 5.74) is 1.46. The van der Waals surface area contributed by atoms with Crippen LogP contribution in [0.2, 0.25) is 0 Å². The van der Waals surface area contributed by atoms with E-state index in [-0.39, 0.29) is 0 Å². The number of ether oxygens (including phenoxy) is 1. The standard InChI is InChI=1S/C19H16F3N3O/c1-26-16-7-3-2-5-14(16)15-6-4-10-23-18(15)25-13-8-9-17(24-11-13)19(21,22)12-20/h2-11H,12H2,1H3,(H,23,25). The average Bonchev–Trinajstić information content (AvgIpc) is 2.69. The Kier molecular flexibility index (Phi) is 5.06. The van der Waals surface area contributed by atoms with Crippen molar-refractivity contribution in [3.05, 3.63) is 66.6 Å². The van der Waals surface area contributed by atoms with Crippen LogP contribution in [0.4, 0.5) is 24.7 Å². The molecule has 0 aliphatic heterocycles. The van der Waals surface area contributed by atoms with Gasteiger partial charge in [0.1, 0.15) is 17.3 Å². The topological polar surface area (TPSA) is 47.0 Å². The quantitative estimate of drug-likeness (QED) is 0.676. The molecule has 0 unspecified atom stereocenters. The van der Waals surface area contributed by atoms with Crippen LogP contribution in [0.1, 0.15) is 5.69 Å². The lowest BCUT2D eigenvalue weighted by Gasteiger charge is -2.15. The van der Waals surface area contributed by atoms with Gasteiger partial charge < -0.3 is 10.1 Å². The second kappa shape index (κ2) is 7.43. The van der Waals surface area contributed by atoms with E-state index in [1.165, 1.54) is 12.3 Å². The van der Waals surface area contributed by atoms with Crippen LogP contribution in [-0.2, 0) is 5.92 Å². The zero-order valence-corrected chi connectivity index (χ0v) is 13.9. The zero-order valence-electron chi connectivity index (χ0n) is 13.9. The van der Waals surface area contributed by atoms with Gasteiger partial charge in [-0.3, -0.25) is 4.98 Å². The third-order valence-electron chi connectivity index (χ3n) is 3.77. The van der Waals surface area contributed by atoms with Crippen molar-refractivity contribution in [2.45, 2.75) is 5.92 Å². The Morgan fingerprint density at radius 3 is 2.46 bits per heavy atom. The lowest BCUT2D eigenvalue weighted by Crippen LogP contribution is -2.17. The second-order valence-electron chi connectivity index (χ2n) is 5.50. The number of alkyl halides is 3. The van der Waals surface area contributed by atoms with Crippen LogP contribution in [0, 0.1) is 0 Å². The molecule has 4 nitrogen and oxygen atoms in total. The van der Waals surface area contributed by atoms with Crippen LogP contribution < -0.4 is 10.1 Å². The Bertz CT molecular complexity index is 885. The summed E-state index contributed by atoms with van der Waals surface area (Å²) >= 11 is 0. The van der Waals surface area contributed by atoms with E-state index in [9.17, 15) is 13.2 Å². The summed E-state index contributed by atoms with van der Waals surface area (Å²) in [6.45, 7) is -1.79. The van der Waals surface area contributed by atoms with E-state index in [0.717, 1.165) is 17.2 Å². The predicted molar refractivity (Wildman–Crippen MR) is 93.6 cm³/mol. The minimum atomic E-state index is -3.59. The maximum Gasteiger partial charge on any atom is 0.317 e. The summed E-state index contributed by atoms with van der Waals surface area (Å²) in [5.74, 6) is -2.39. The highest BCUT2D eigenvalue weighted by Gasteiger charge is 2.33. The normalized spacial score (nSPS) is 11.2. The summed E-state index contributed by atoms with van der Waals surface area (Å²) in [6.07, 6.45) is 2.83. The molecule has 0 aliphatic carbocycles. The first-order valence-corrected chi connectivity index (χ1v) is 7.81. The number of halogens is 3. The van der Waals surface area contributed by atoms with Gasteiger partial charge in [-0.25, -0.2) is 9.37 Å². The highest BCUT2D eigenvalue weighted by Crippen LogP contribution is 2.35. The molecule has 2 aromatic heterocycles. The van der Waals surface area contributed by atoms with Gasteiger partial charge in [-0.1, -0.05) is 18.2 Å². The third-order valence-corrected chi connectivity index (χ3v) is 3.77. The number of nitrogens with zero attached hydrogens (tertiary/aromatic N) is 2. The van der Waals surface area contributed by atoms with Gasteiger partial charge in [-0.2, -0.15) is 8.78 Å². The molecule has 7 heteroatoms. The first-order chi connectivity index (χ1) is 12.5. The summed E-state index contributed by atoms with van der Waals surface area (Å²) in [7, 11) is 1.58. The molecular formula is C19H16F3N3O. The molecule has 134 valence electrons. The maximum absolute atomic E-state index is 13.3. The van der Waals surface area contributed by atoms with Crippen molar-refractivity contribution >= 4 is 11.5 Å². The molecule has 1 aromatic carbocycles. The van der Waals surface area contributed by atoms with Crippen molar-refractivity contribution in [3.8, 4) is 16.9 Å². The fourth-order valence-corrected chi connectivity index (χ4v) is 2.48. The van der Waals surface area contributed by atoms with E-state index in [2.05, 4.69) is 15.3 Å². The van der Waals surface area contributed by atoms with Gasteiger partial charge in [0.05, 0.1) is 19.0 Å². The van der Waals surface area contributed by atoms with E-state index in [1.807, 2.05) is 30.3 Å². The first kappa shape index (κ1) is 17.7. The molecule has 1 N–H and O–H groups in total. The molecule has 0 fully saturated rings. The smallest absolute Gasteiger partial charge is 0.317 e. The molecule has 3 rings (SSSR count). The van der Waals surface area contributed by atoms with Gasteiger partial charge in [0.15, 0.2) is 6.67 Å². The molecule has 0 radical (unpaired) electrons. The first-order valence-electron chi connectivity index (χ1n) is 7.81. The minimum Gasteiger partial charge on any atom is -0.496 e. The number of hydrogen-bond acceptors (Lipinski definition) is 4. The number of para-hydroxylation sites is 1. The molecule has 2 heterocycles. The zero-order chi connectivity index (χ0) is 18.6. The van der Waals surface area contributed by atoms with Gasteiger partial charge in [0.2, 0.25) is 0 Å². The lowest BCUT2D eigenvalue weighted by atomic mass is 10.1. The fourth-order valence-electron chi connectivity index (χ4n) is 2.48. The van der Waals surface area contributed by atoms with E-state index in [4.69, 9.17) is 4.74 Å². The Balaban J connectivity index is 1.92. The van der Waals surface area contributed by atoms with E-state index < -0.39 is 18.3 Å². The van der Waals surface area contributed by atoms with Crippen molar-refractivity contribution in [2.75, 3.05) is 19.1 Å². The number of rotatable bonds is 6. The molecule has 3 aromatic rings. The molecule has 26 heavy (non-hydrogen) atoms. The molecule has 0 saturated heterocycles. The van der Waals surface area contributed by atoms with Crippen LogP contribution in [0.25, 0.3) is 11.1 Å². The number of pyridine rings is 2. The number of hydrogen-bond donors (Lipinski definition) is 1. The van der Waals surface area contributed by atoms with Crippen LogP contribution >= 0.6 is 0 Å². The Morgan fingerprint density at radius 1 is 1.00 bits per heavy atom. The van der Waals surface area contributed by atoms with Gasteiger partial charge in [0.25, 0.3) is 0 Å². The molecular weight excluding hydrogens is 343 g/mol. The third kappa shape index (κ3) is 3.61. The van der Waals surface area contributed by atoms with Crippen molar-refractivity contribution in [1.29, 1.82) is 0 Å². The highest BCUT2D eigenvalue weighted by molar-refractivity contribution is 5.81. The van der Waals surface area contributed by atoms with Crippen molar-refractivity contribution in [1.82, 2.24) is 9.97 Å². The van der Waals surface area contributed by atoms with Crippen LogP contribution in [-0.4, -0.2) is 23.8 Å². The number of methoxy groups -OCH3 is 1. The van der Waals surface area contributed by atoms with Gasteiger partial charge >= 0.3 is 5.92 Å². The lowest BCUT2D eigenvalue weighted by molar-refractivity contribution is -0.0321. The molecule has 0 spiro atoms. The van der Waals surface area contributed by atoms with Crippen molar-refractivity contribution < 1.29 is 17.9 Å². The Hall–Kier alpha value is -3.09. The summed E-state index contributed by atoms with van der Waals surface area (Å²) in [4.78, 5) is 7.96. The Morgan fingerprint density at radius 2 is 1.77 bits per heavy atom. The van der Waals surface area contributed by atoms with Crippen LogP contribution in [0.5, 0.6) is 5.75 Å². The molecule has 0 bridgehead atoms. The number of aromatic nitrogens is 2. The van der Waals surface area contributed by atoms with Gasteiger partial charge in [0, 0.05) is 17.3 Å². The van der Waals surface area contributed by atoms with Crippen molar-refractivity contribution in [2.24, 2.45) is 0 Å². The molecule has 0 saturated carbocycles. The molecule has 0 aliphatic rings. The van der Waals surface area contributed by atoms with E-state index >= 15 is 0 Å². The number of nitrogens with one attached hydrogen (secondary N) is 1. The summed E-state index contributed by atoms with van der Waals surface area (Å²) in [6, 6.07) is 13.6. The fraction of sp³-hybridized carbons (Fsp3) is 0.158. The largest absolute Gasteiger partial charge is 0.496 e. The highest BCUT2D eigenvalue weighted by atomic mass is 19.3. The van der Waals surface area contributed by atoms with E-state index in [1.54, 1.807) is 19.4 Å². The van der Waals surface area contributed by atoms with Gasteiger partial charge in [-0.05, 0) is 30.3 Å². The number of benzene rings is 1. The second-order valence-corrected chi connectivity index (χ2v) is 5.50. The molecule has 0 amide bonds. The molecule has 0 atom stereocenters. The van der Waals surface area contributed by atoms with Gasteiger partial charge in [-0.15, -0.1) is 0 Å². The average molecular weight is 359 g/mol. The SMILES string of the molecule is COc1ccccc1-c1cccnc1Nc1ccc(C(F)(F)CF)nc1. The van der Waals surface area contributed by atoms with E-state index in [0.29, 0.717) is 17.3 Å². The summed E-state index contributed by atoms with van der Waals surface area (Å²) < 4.78 is 44.4. The van der Waals surface area contributed by atoms with Crippen molar-refractivity contribution in [3.63, 3.8) is 0 Å². The number of anilines is 2. The van der Waals surface area contributed by atoms with Crippen LogP contribution in [0.3, 0.4) is 0 Å². The maximum atomic E-state index is 13.3. The minimum absolute atomic E-state index is 0.457. The monoisotopic (exact) mass is 359 g/mol. The van der Waals surface area contributed by atoms with Crippen LogP contribution in [0.15, 0.2) is 60.9 Å².